The van der Waals surface area contributed by atoms with Gasteiger partial charge in [0.25, 0.3) is 5.91 Å². The Morgan fingerprint density at radius 1 is 0.960 bits per heavy atom. The Morgan fingerprint density at radius 2 is 1.56 bits per heavy atom. The van der Waals surface area contributed by atoms with E-state index in [1.54, 1.807) is 12.1 Å². The van der Waals surface area contributed by atoms with Crippen molar-refractivity contribution in [1.82, 2.24) is 10.2 Å². The molecule has 1 N–H and O–H groups in total. The maximum Gasteiger partial charge on any atom is 0.258 e. The molecule has 0 saturated heterocycles. The summed E-state index contributed by atoms with van der Waals surface area (Å²) in [7, 11) is 4.06. The highest BCUT2D eigenvalue weighted by atomic mass is 16.5. The minimum Gasteiger partial charge on any atom is -0.494 e. The molecule has 0 radical (unpaired) electrons. The predicted octanol–water partition coefficient (Wildman–Crippen LogP) is 2.84. The van der Waals surface area contributed by atoms with E-state index < -0.39 is 0 Å². The van der Waals surface area contributed by atoms with Crippen molar-refractivity contribution < 1.29 is 14.3 Å². The molecule has 0 unspecified atom stereocenters. The number of hydrogen-bond acceptors (Lipinski definition) is 4. The molecule has 2 aromatic carbocycles. The summed E-state index contributed by atoms with van der Waals surface area (Å²) in [5, 5.41) is 2.91. The summed E-state index contributed by atoms with van der Waals surface area (Å²) in [5.41, 5.74) is 2.32. The third kappa shape index (κ3) is 6.47. The normalized spacial score (nSPS) is 10.6. The molecule has 5 nitrogen and oxygen atoms in total. The number of ether oxygens (including phenoxy) is 2. The van der Waals surface area contributed by atoms with Crippen LogP contribution in [-0.2, 0) is 17.9 Å². The van der Waals surface area contributed by atoms with Gasteiger partial charge >= 0.3 is 0 Å². The third-order valence-electron chi connectivity index (χ3n) is 3.59. The van der Waals surface area contributed by atoms with E-state index in [9.17, 15) is 4.79 Å². The van der Waals surface area contributed by atoms with Gasteiger partial charge in [-0.15, -0.1) is 0 Å². The fourth-order valence-corrected chi connectivity index (χ4v) is 2.42. The number of benzene rings is 2. The highest BCUT2D eigenvalue weighted by molar-refractivity contribution is 5.77. The van der Waals surface area contributed by atoms with Crippen LogP contribution in [0.3, 0.4) is 0 Å². The summed E-state index contributed by atoms with van der Waals surface area (Å²) >= 11 is 0. The highest BCUT2D eigenvalue weighted by Crippen LogP contribution is 2.17. The van der Waals surface area contributed by atoms with E-state index in [1.165, 1.54) is 5.56 Å². The van der Waals surface area contributed by atoms with Crippen molar-refractivity contribution in [3.05, 3.63) is 59.7 Å². The third-order valence-corrected chi connectivity index (χ3v) is 3.59. The van der Waals surface area contributed by atoms with Crippen LogP contribution in [0, 0.1) is 0 Å². The lowest BCUT2D eigenvalue weighted by molar-refractivity contribution is -0.123. The minimum absolute atomic E-state index is 0.0101. The van der Waals surface area contributed by atoms with Gasteiger partial charge in [0.05, 0.1) is 6.61 Å². The molecule has 0 aliphatic rings. The Labute approximate surface area is 149 Å². The van der Waals surface area contributed by atoms with E-state index in [0.717, 1.165) is 17.9 Å². The Balaban J connectivity index is 1.81. The van der Waals surface area contributed by atoms with Gasteiger partial charge in [-0.2, -0.15) is 0 Å². The molecule has 134 valence electrons. The molecular formula is C20H26N2O3. The van der Waals surface area contributed by atoms with Gasteiger partial charge in [-0.05, 0) is 56.4 Å². The van der Waals surface area contributed by atoms with Crippen LogP contribution in [0.25, 0.3) is 0 Å². The van der Waals surface area contributed by atoms with Crippen molar-refractivity contribution >= 4 is 5.91 Å². The van der Waals surface area contributed by atoms with E-state index in [4.69, 9.17) is 9.47 Å². The van der Waals surface area contributed by atoms with Crippen LogP contribution >= 0.6 is 0 Å². The predicted molar refractivity (Wildman–Crippen MR) is 98.8 cm³/mol. The van der Waals surface area contributed by atoms with Crippen LogP contribution in [0.5, 0.6) is 11.5 Å². The summed E-state index contributed by atoms with van der Waals surface area (Å²) < 4.78 is 10.9. The smallest absolute Gasteiger partial charge is 0.258 e. The fraction of sp³-hybridized carbons (Fsp3) is 0.350. The topological polar surface area (TPSA) is 50.8 Å². The lowest BCUT2D eigenvalue weighted by Crippen LogP contribution is -2.29. The van der Waals surface area contributed by atoms with Crippen LogP contribution in [0.2, 0.25) is 0 Å². The summed E-state index contributed by atoms with van der Waals surface area (Å²) in [5.74, 6) is 1.29. The highest BCUT2D eigenvalue weighted by Gasteiger charge is 2.07. The zero-order valence-electron chi connectivity index (χ0n) is 15.1. The van der Waals surface area contributed by atoms with E-state index in [0.29, 0.717) is 18.9 Å². The monoisotopic (exact) mass is 342 g/mol. The molecule has 0 aromatic heterocycles. The molecule has 5 heteroatoms. The molecule has 0 atom stereocenters. The van der Waals surface area contributed by atoms with Crippen molar-refractivity contribution in [2.24, 2.45) is 0 Å². The summed E-state index contributed by atoms with van der Waals surface area (Å²) in [6.07, 6.45) is 0. The first-order chi connectivity index (χ1) is 12.1. The van der Waals surface area contributed by atoms with Crippen LogP contribution < -0.4 is 14.8 Å². The molecule has 0 aliphatic heterocycles. The van der Waals surface area contributed by atoms with Gasteiger partial charge in [-0.25, -0.2) is 0 Å². The second-order valence-electron chi connectivity index (χ2n) is 5.98. The zero-order chi connectivity index (χ0) is 18.1. The standard InChI is InChI=1S/C20H26N2O3/c1-4-24-18-9-11-19(12-10-18)25-15-20(23)21-13-16-7-5-6-8-17(16)14-22(2)3/h5-12H,4,13-15H2,1-3H3,(H,21,23). The minimum atomic E-state index is -0.145. The van der Waals surface area contributed by atoms with E-state index >= 15 is 0 Å². The SMILES string of the molecule is CCOc1ccc(OCC(=O)NCc2ccccc2CN(C)C)cc1. The fourth-order valence-electron chi connectivity index (χ4n) is 2.42. The number of nitrogens with one attached hydrogen (secondary N) is 1. The summed E-state index contributed by atoms with van der Waals surface area (Å²) in [6.45, 7) is 3.89. The van der Waals surface area contributed by atoms with Crippen molar-refractivity contribution in [3.8, 4) is 11.5 Å². The number of carbonyl (C=O) groups is 1. The van der Waals surface area contributed by atoms with E-state index in [-0.39, 0.29) is 12.5 Å². The van der Waals surface area contributed by atoms with Crippen LogP contribution in [0.15, 0.2) is 48.5 Å². The Hall–Kier alpha value is -2.53. The largest absolute Gasteiger partial charge is 0.494 e. The number of nitrogens with zero attached hydrogens (tertiary/aromatic N) is 1. The molecule has 0 saturated carbocycles. The molecule has 2 aromatic rings. The first kappa shape index (κ1) is 18.8. The average Bonchev–Trinajstić information content (AvgIpc) is 2.60. The number of hydrogen-bond donors (Lipinski definition) is 1. The van der Waals surface area contributed by atoms with Crippen molar-refractivity contribution in [2.45, 2.75) is 20.0 Å². The average molecular weight is 342 g/mol. The number of carbonyl (C=O) groups excluding carboxylic acids is 1. The lowest BCUT2D eigenvalue weighted by Gasteiger charge is -2.15. The molecule has 0 aliphatic carbocycles. The lowest BCUT2D eigenvalue weighted by atomic mass is 10.1. The maximum absolute atomic E-state index is 12.0. The molecule has 0 fully saturated rings. The number of rotatable bonds is 9. The molecule has 1 amide bonds. The van der Waals surface area contributed by atoms with Gasteiger partial charge in [-0.3, -0.25) is 4.79 Å². The van der Waals surface area contributed by atoms with Gasteiger partial charge in [-0.1, -0.05) is 24.3 Å². The van der Waals surface area contributed by atoms with Gasteiger partial charge in [0.15, 0.2) is 6.61 Å². The first-order valence-corrected chi connectivity index (χ1v) is 8.42. The summed E-state index contributed by atoms with van der Waals surface area (Å²) in [6, 6.07) is 15.4. The van der Waals surface area contributed by atoms with Gasteiger partial charge in [0.1, 0.15) is 11.5 Å². The number of amides is 1. The Bertz CT molecular complexity index is 669. The molecule has 0 bridgehead atoms. The van der Waals surface area contributed by atoms with Gasteiger partial charge in [0, 0.05) is 13.1 Å². The molecular weight excluding hydrogens is 316 g/mol. The van der Waals surface area contributed by atoms with Crippen molar-refractivity contribution in [3.63, 3.8) is 0 Å². The molecule has 25 heavy (non-hydrogen) atoms. The quantitative estimate of drug-likeness (QED) is 0.761. The maximum atomic E-state index is 12.0. The molecule has 0 heterocycles. The van der Waals surface area contributed by atoms with E-state index in [2.05, 4.69) is 16.3 Å². The Kier molecular flexibility index (Phi) is 7.29. The first-order valence-electron chi connectivity index (χ1n) is 8.42. The van der Waals surface area contributed by atoms with Gasteiger partial charge < -0.3 is 19.7 Å². The van der Waals surface area contributed by atoms with Crippen molar-refractivity contribution in [1.29, 1.82) is 0 Å². The Morgan fingerprint density at radius 3 is 2.16 bits per heavy atom. The zero-order valence-corrected chi connectivity index (χ0v) is 15.1. The second kappa shape index (κ2) is 9.69. The van der Waals surface area contributed by atoms with E-state index in [1.807, 2.05) is 51.4 Å². The van der Waals surface area contributed by atoms with Crippen LogP contribution in [0.4, 0.5) is 0 Å². The van der Waals surface area contributed by atoms with Crippen LogP contribution in [-0.4, -0.2) is 38.1 Å². The molecule has 0 spiro atoms. The summed E-state index contributed by atoms with van der Waals surface area (Å²) in [4.78, 5) is 14.1. The van der Waals surface area contributed by atoms with Crippen LogP contribution in [0.1, 0.15) is 18.1 Å². The second-order valence-corrected chi connectivity index (χ2v) is 5.98. The van der Waals surface area contributed by atoms with Crippen molar-refractivity contribution in [2.75, 3.05) is 27.3 Å². The van der Waals surface area contributed by atoms with Gasteiger partial charge in [0.2, 0.25) is 0 Å². The molecule has 2 rings (SSSR count).